The summed E-state index contributed by atoms with van der Waals surface area (Å²) >= 11 is 0. The molecule has 0 aromatic rings. The minimum absolute atomic E-state index is 0.163. The number of nitrogens with zero attached hydrogens (tertiary/aromatic N) is 1. The van der Waals surface area contributed by atoms with E-state index in [4.69, 9.17) is 14.2 Å². The van der Waals surface area contributed by atoms with Crippen molar-refractivity contribution in [3.63, 3.8) is 0 Å². The molecule has 0 aliphatic rings. The number of ether oxygens (including phenoxy) is 3. The SMILES string of the molecule is CCCCCCCCCCCCCC(=O)OCCCN(CCCOC(=O)CCCCCCCCCCCCC)C(=O)OC(C)(C)C. The fourth-order valence-corrected chi connectivity index (χ4v) is 5.52. The van der Waals surface area contributed by atoms with Crippen molar-refractivity contribution in [3.05, 3.63) is 0 Å². The Morgan fingerprint density at radius 1 is 0.457 bits per heavy atom. The molecule has 0 spiro atoms. The van der Waals surface area contributed by atoms with E-state index in [0.29, 0.717) is 38.8 Å². The van der Waals surface area contributed by atoms with E-state index in [1.807, 2.05) is 20.8 Å². The summed E-state index contributed by atoms with van der Waals surface area (Å²) in [5.41, 5.74) is -0.600. The predicted molar refractivity (Wildman–Crippen MR) is 191 cm³/mol. The average Bonchev–Trinajstić information content (AvgIpc) is 3.00. The number of carbonyl (C=O) groups is 3. The third kappa shape index (κ3) is 32.2. The van der Waals surface area contributed by atoms with Crippen molar-refractivity contribution in [1.82, 2.24) is 4.90 Å². The molecule has 0 aromatic heterocycles. The highest BCUT2D eigenvalue weighted by Crippen LogP contribution is 2.14. The van der Waals surface area contributed by atoms with Crippen molar-refractivity contribution in [2.45, 2.75) is 207 Å². The minimum Gasteiger partial charge on any atom is -0.466 e. The van der Waals surface area contributed by atoms with Gasteiger partial charge in [-0.2, -0.15) is 0 Å². The number of carbonyl (C=O) groups excluding carboxylic acids is 3. The lowest BCUT2D eigenvalue weighted by molar-refractivity contribution is -0.144. The van der Waals surface area contributed by atoms with Crippen molar-refractivity contribution in [2.24, 2.45) is 0 Å². The lowest BCUT2D eigenvalue weighted by Crippen LogP contribution is -2.38. The highest BCUT2D eigenvalue weighted by Gasteiger charge is 2.22. The van der Waals surface area contributed by atoms with E-state index in [9.17, 15) is 14.4 Å². The molecular weight excluding hydrogens is 578 g/mol. The first-order valence-electron chi connectivity index (χ1n) is 19.5. The Bertz CT molecular complexity index is 674. The molecule has 0 aliphatic heterocycles. The van der Waals surface area contributed by atoms with E-state index in [0.717, 1.165) is 25.7 Å². The summed E-state index contributed by atoms with van der Waals surface area (Å²) in [6, 6.07) is 0. The molecule has 0 aromatic carbocycles. The van der Waals surface area contributed by atoms with Crippen LogP contribution in [0.4, 0.5) is 4.79 Å². The Hall–Kier alpha value is -1.79. The molecule has 0 N–H and O–H groups in total. The molecule has 0 saturated carbocycles. The van der Waals surface area contributed by atoms with E-state index in [1.54, 1.807) is 4.90 Å². The third-order valence-corrected chi connectivity index (χ3v) is 8.29. The van der Waals surface area contributed by atoms with Crippen molar-refractivity contribution in [2.75, 3.05) is 26.3 Å². The Balaban J connectivity index is 4.02. The molecular formula is C39H75NO6. The van der Waals surface area contributed by atoms with Crippen LogP contribution in [0.1, 0.15) is 202 Å². The third-order valence-electron chi connectivity index (χ3n) is 8.29. The first-order valence-corrected chi connectivity index (χ1v) is 19.5. The summed E-state index contributed by atoms with van der Waals surface area (Å²) in [6.45, 7) is 11.4. The highest BCUT2D eigenvalue weighted by atomic mass is 16.6. The summed E-state index contributed by atoms with van der Waals surface area (Å²) in [7, 11) is 0. The second-order valence-corrected chi connectivity index (χ2v) is 14.2. The van der Waals surface area contributed by atoms with E-state index in [1.165, 1.54) is 116 Å². The Labute approximate surface area is 284 Å². The second kappa shape index (κ2) is 31.8. The fourth-order valence-electron chi connectivity index (χ4n) is 5.52. The zero-order valence-corrected chi connectivity index (χ0v) is 31.1. The summed E-state index contributed by atoms with van der Waals surface area (Å²) in [4.78, 5) is 38.7. The molecule has 0 unspecified atom stereocenters. The largest absolute Gasteiger partial charge is 0.466 e. The standard InChI is InChI=1S/C39H75NO6/c1-6-8-10-12-14-16-18-20-22-24-26-30-36(41)44-34-28-32-40(38(43)46-39(3,4)5)33-29-35-45-37(42)31-27-25-23-21-19-17-15-13-11-9-7-2/h6-35H2,1-5H3. The molecule has 1 amide bonds. The Morgan fingerprint density at radius 2 is 0.761 bits per heavy atom. The number of amides is 1. The number of hydrogen-bond acceptors (Lipinski definition) is 6. The van der Waals surface area contributed by atoms with Crippen LogP contribution in [-0.4, -0.2) is 54.8 Å². The van der Waals surface area contributed by atoms with Crippen molar-refractivity contribution in [1.29, 1.82) is 0 Å². The van der Waals surface area contributed by atoms with Gasteiger partial charge in [-0.15, -0.1) is 0 Å². The smallest absolute Gasteiger partial charge is 0.410 e. The van der Waals surface area contributed by atoms with Gasteiger partial charge in [-0.3, -0.25) is 9.59 Å². The molecule has 0 fully saturated rings. The average molecular weight is 654 g/mol. The predicted octanol–water partition coefficient (Wildman–Crippen LogP) is 11.5. The van der Waals surface area contributed by atoms with E-state index in [-0.39, 0.29) is 25.2 Å². The van der Waals surface area contributed by atoms with Gasteiger partial charge >= 0.3 is 18.0 Å². The molecule has 0 rings (SSSR count). The van der Waals surface area contributed by atoms with Gasteiger partial charge in [-0.25, -0.2) is 4.79 Å². The highest BCUT2D eigenvalue weighted by molar-refractivity contribution is 5.70. The maximum atomic E-state index is 12.8. The monoisotopic (exact) mass is 654 g/mol. The van der Waals surface area contributed by atoms with Crippen molar-refractivity contribution < 1.29 is 28.6 Å². The fraction of sp³-hybridized carbons (Fsp3) is 0.923. The topological polar surface area (TPSA) is 82.1 Å². The molecule has 0 radical (unpaired) electrons. The second-order valence-electron chi connectivity index (χ2n) is 14.2. The Morgan fingerprint density at radius 3 is 1.07 bits per heavy atom. The molecule has 0 bridgehead atoms. The molecule has 272 valence electrons. The zero-order valence-electron chi connectivity index (χ0n) is 31.1. The van der Waals surface area contributed by atoms with Crippen LogP contribution in [0.5, 0.6) is 0 Å². The van der Waals surface area contributed by atoms with Gasteiger partial charge in [-0.1, -0.05) is 142 Å². The van der Waals surface area contributed by atoms with Gasteiger partial charge in [0.05, 0.1) is 13.2 Å². The van der Waals surface area contributed by atoms with Gasteiger partial charge < -0.3 is 19.1 Å². The summed E-state index contributed by atoms with van der Waals surface area (Å²) in [5, 5.41) is 0. The van der Waals surface area contributed by atoms with E-state index in [2.05, 4.69) is 13.8 Å². The molecule has 0 heterocycles. The number of unbranched alkanes of at least 4 members (excludes halogenated alkanes) is 20. The number of rotatable bonds is 32. The van der Waals surface area contributed by atoms with Gasteiger partial charge in [0, 0.05) is 25.9 Å². The van der Waals surface area contributed by atoms with Gasteiger partial charge in [0.1, 0.15) is 5.60 Å². The van der Waals surface area contributed by atoms with Crippen LogP contribution in [0.2, 0.25) is 0 Å². The van der Waals surface area contributed by atoms with Crippen LogP contribution in [0.15, 0.2) is 0 Å². The molecule has 0 atom stereocenters. The number of hydrogen-bond donors (Lipinski definition) is 0. The van der Waals surface area contributed by atoms with Crippen LogP contribution < -0.4 is 0 Å². The molecule has 7 heteroatoms. The lowest BCUT2D eigenvalue weighted by atomic mass is 10.1. The van der Waals surface area contributed by atoms with Crippen molar-refractivity contribution in [3.8, 4) is 0 Å². The summed E-state index contributed by atoms with van der Waals surface area (Å²) in [6.07, 6.45) is 29.1. The van der Waals surface area contributed by atoms with Crippen molar-refractivity contribution >= 4 is 18.0 Å². The van der Waals surface area contributed by atoms with Crippen LogP contribution >= 0.6 is 0 Å². The normalized spacial score (nSPS) is 11.4. The Kier molecular flexibility index (Phi) is 30.6. The molecule has 46 heavy (non-hydrogen) atoms. The zero-order chi connectivity index (χ0) is 34.1. The van der Waals surface area contributed by atoms with Gasteiger partial charge in [0.25, 0.3) is 0 Å². The summed E-state index contributed by atoms with van der Waals surface area (Å²) < 4.78 is 16.4. The maximum Gasteiger partial charge on any atom is 0.410 e. The van der Waals surface area contributed by atoms with Crippen LogP contribution in [-0.2, 0) is 23.8 Å². The molecule has 0 aliphatic carbocycles. The first kappa shape index (κ1) is 44.2. The van der Waals surface area contributed by atoms with Gasteiger partial charge in [0.15, 0.2) is 0 Å². The van der Waals surface area contributed by atoms with Crippen LogP contribution in [0.3, 0.4) is 0 Å². The van der Waals surface area contributed by atoms with E-state index >= 15 is 0 Å². The van der Waals surface area contributed by atoms with Crippen LogP contribution in [0.25, 0.3) is 0 Å². The number of esters is 2. The first-order chi connectivity index (χ1) is 22.2. The minimum atomic E-state index is -0.600. The molecule has 7 nitrogen and oxygen atoms in total. The van der Waals surface area contributed by atoms with Gasteiger partial charge in [0.2, 0.25) is 0 Å². The quantitative estimate of drug-likeness (QED) is 0.0408. The summed E-state index contributed by atoms with van der Waals surface area (Å²) in [5.74, 6) is -0.325. The molecule has 0 saturated heterocycles. The van der Waals surface area contributed by atoms with Gasteiger partial charge in [-0.05, 0) is 46.5 Å². The van der Waals surface area contributed by atoms with E-state index < -0.39 is 11.7 Å². The maximum absolute atomic E-state index is 12.8. The van der Waals surface area contributed by atoms with Crippen LogP contribution in [0, 0.1) is 0 Å². The lowest BCUT2D eigenvalue weighted by Gasteiger charge is -2.27.